The topological polar surface area (TPSA) is 17.3 Å². The number of hydrogen-bond acceptors (Lipinski definition) is 2. The monoisotopic (exact) mass is 244 g/mol. The molecule has 88 valence electrons. The van der Waals surface area contributed by atoms with Crippen molar-refractivity contribution in [1.29, 1.82) is 0 Å². The lowest BCUT2D eigenvalue weighted by atomic mass is 10.1. The Hall–Kier alpha value is -1.48. The van der Waals surface area contributed by atoms with Gasteiger partial charge in [0.15, 0.2) is 0 Å². The predicted molar refractivity (Wildman–Crippen MR) is 76.2 cm³/mol. The maximum absolute atomic E-state index is 4.53. The molecule has 0 aliphatic heterocycles. The fourth-order valence-electron chi connectivity index (χ4n) is 1.79. The summed E-state index contributed by atoms with van der Waals surface area (Å²) in [5.41, 5.74) is 3.42. The van der Waals surface area contributed by atoms with E-state index < -0.39 is 0 Å². The molecular formula is C14H16N2S. The summed E-state index contributed by atoms with van der Waals surface area (Å²) in [6.45, 7) is 2.82. The van der Waals surface area contributed by atoms with E-state index in [1.165, 1.54) is 5.56 Å². The molecule has 2 rings (SSSR count). The van der Waals surface area contributed by atoms with Crippen molar-refractivity contribution in [2.75, 3.05) is 6.54 Å². The Bertz CT molecular complexity index is 527. The minimum absolute atomic E-state index is 0.794. The van der Waals surface area contributed by atoms with Gasteiger partial charge in [0.2, 0.25) is 0 Å². The third kappa shape index (κ3) is 2.44. The highest BCUT2D eigenvalue weighted by Crippen LogP contribution is 2.26. The zero-order valence-corrected chi connectivity index (χ0v) is 11.0. The van der Waals surface area contributed by atoms with Gasteiger partial charge in [0.05, 0.1) is 5.03 Å². The minimum atomic E-state index is 0.794. The van der Waals surface area contributed by atoms with Gasteiger partial charge < -0.3 is 4.57 Å². The van der Waals surface area contributed by atoms with Gasteiger partial charge in [0.25, 0.3) is 0 Å². The van der Waals surface area contributed by atoms with Crippen LogP contribution in [0.1, 0.15) is 12.5 Å². The van der Waals surface area contributed by atoms with Gasteiger partial charge in [-0.3, -0.25) is 4.99 Å². The molecule has 0 spiro atoms. The molecule has 3 heteroatoms. The number of aromatic nitrogens is 1. The van der Waals surface area contributed by atoms with Crippen molar-refractivity contribution in [3.63, 3.8) is 0 Å². The van der Waals surface area contributed by atoms with Crippen LogP contribution in [-0.2, 0) is 7.05 Å². The van der Waals surface area contributed by atoms with Gasteiger partial charge in [-0.25, -0.2) is 0 Å². The molecule has 1 aromatic carbocycles. The number of hydrogen-bond donors (Lipinski definition) is 1. The maximum Gasteiger partial charge on any atom is 0.0808 e. The lowest BCUT2D eigenvalue weighted by molar-refractivity contribution is 0.839. The van der Waals surface area contributed by atoms with Crippen molar-refractivity contribution in [2.24, 2.45) is 12.0 Å². The number of rotatable bonds is 3. The number of thiol groups is 1. The molecule has 0 aliphatic rings. The minimum Gasteiger partial charge on any atom is -0.339 e. The second-order valence-electron chi connectivity index (χ2n) is 3.86. The van der Waals surface area contributed by atoms with E-state index in [1.807, 2.05) is 38.4 Å². The molecular weight excluding hydrogens is 228 g/mol. The molecule has 0 saturated heterocycles. The summed E-state index contributed by atoms with van der Waals surface area (Å²) in [6, 6.07) is 12.4. The van der Waals surface area contributed by atoms with Gasteiger partial charge in [-0.05, 0) is 18.6 Å². The Balaban J connectivity index is 2.47. The lowest BCUT2D eigenvalue weighted by Crippen LogP contribution is -1.92. The first-order chi connectivity index (χ1) is 8.24. The predicted octanol–water partition coefficient (Wildman–Crippen LogP) is 3.42. The average molecular weight is 244 g/mol. The molecule has 2 aromatic rings. The van der Waals surface area contributed by atoms with Crippen LogP contribution in [0.15, 0.2) is 46.4 Å². The van der Waals surface area contributed by atoms with Gasteiger partial charge in [-0.2, -0.15) is 0 Å². The average Bonchev–Trinajstić information content (AvgIpc) is 2.65. The normalized spacial score (nSPS) is 11.2. The quantitative estimate of drug-likeness (QED) is 0.629. The maximum atomic E-state index is 4.53. The Morgan fingerprint density at radius 2 is 2.00 bits per heavy atom. The van der Waals surface area contributed by atoms with Crippen LogP contribution in [-0.4, -0.2) is 17.3 Å². The van der Waals surface area contributed by atoms with Crippen molar-refractivity contribution in [3.8, 4) is 11.3 Å². The van der Waals surface area contributed by atoms with Crippen molar-refractivity contribution >= 4 is 18.8 Å². The van der Waals surface area contributed by atoms with Crippen molar-refractivity contribution in [3.05, 3.63) is 42.0 Å². The van der Waals surface area contributed by atoms with Crippen molar-refractivity contribution in [2.45, 2.75) is 11.9 Å². The number of nitrogens with zero attached hydrogens (tertiary/aromatic N) is 2. The van der Waals surface area contributed by atoms with Crippen LogP contribution in [0.3, 0.4) is 0 Å². The second kappa shape index (κ2) is 5.23. The fourth-order valence-corrected chi connectivity index (χ4v) is 2.02. The highest BCUT2D eigenvalue weighted by Gasteiger charge is 2.09. The van der Waals surface area contributed by atoms with Crippen LogP contribution < -0.4 is 0 Å². The first-order valence-electron chi connectivity index (χ1n) is 5.68. The number of aliphatic imine (C=N–C) groups is 1. The third-order valence-electron chi connectivity index (χ3n) is 2.71. The zero-order chi connectivity index (χ0) is 12.3. The van der Waals surface area contributed by atoms with Gasteiger partial charge in [0.1, 0.15) is 0 Å². The Kier molecular flexibility index (Phi) is 3.69. The van der Waals surface area contributed by atoms with Crippen LogP contribution >= 0.6 is 12.6 Å². The molecule has 0 aliphatic carbocycles. The fraction of sp³-hybridized carbons (Fsp3) is 0.214. The molecule has 0 saturated carbocycles. The summed E-state index contributed by atoms with van der Waals surface area (Å²) in [7, 11) is 2.02. The van der Waals surface area contributed by atoms with E-state index in [4.69, 9.17) is 0 Å². The van der Waals surface area contributed by atoms with E-state index in [0.717, 1.165) is 22.8 Å². The van der Waals surface area contributed by atoms with E-state index in [9.17, 15) is 0 Å². The molecule has 0 unspecified atom stereocenters. The van der Waals surface area contributed by atoms with Gasteiger partial charge >= 0.3 is 0 Å². The van der Waals surface area contributed by atoms with E-state index in [2.05, 4.69) is 40.4 Å². The van der Waals surface area contributed by atoms with Crippen molar-refractivity contribution in [1.82, 2.24) is 4.57 Å². The summed E-state index contributed by atoms with van der Waals surface area (Å²) in [4.78, 5) is 4.26. The van der Waals surface area contributed by atoms with E-state index in [1.54, 1.807) is 0 Å². The smallest absolute Gasteiger partial charge is 0.0808 e. The van der Waals surface area contributed by atoms with Crippen molar-refractivity contribution < 1.29 is 0 Å². The Morgan fingerprint density at radius 1 is 1.29 bits per heavy atom. The summed E-state index contributed by atoms with van der Waals surface area (Å²) < 4.78 is 2.08. The molecule has 1 aromatic heterocycles. The second-order valence-corrected chi connectivity index (χ2v) is 4.29. The summed E-state index contributed by atoms with van der Waals surface area (Å²) in [5, 5.41) is 0.945. The van der Waals surface area contributed by atoms with Gasteiger partial charge in [-0.1, -0.05) is 30.3 Å². The van der Waals surface area contributed by atoms with Gasteiger partial charge in [-0.15, -0.1) is 12.6 Å². The van der Waals surface area contributed by atoms with Gasteiger partial charge in [0, 0.05) is 31.1 Å². The van der Waals surface area contributed by atoms with E-state index in [0.29, 0.717) is 0 Å². The first kappa shape index (κ1) is 12.0. The van der Waals surface area contributed by atoms with Crippen LogP contribution in [0.5, 0.6) is 0 Å². The molecule has 0 amide bonds. The highest BCUT2D eigenvalue weighted by molar-refractivity contribution is 7.80. The first-order valence-corrected chi connectivity index (χ1v) is 6.12. The van der Waals surface area contributed by atoms with Crippen LogP contribution in [0.4, 0.5) is 0 Å². The molecule has 2 nitrogen and oxygen atoms in total. The highest BCUT2D eigenvalue weighted by atomic mass is 32.1. The molecule has 0 N–H and O–H groups in total. The zero-order valence-electron chi connectivity index (χ0n) is 10.1. The summed E-state index contributed by atoms with van der Waals surface area (Å²) in [5.74, 6) is 0. The molecule has 0 atom stereocenters. The van der Waals surface area contributed by atoms with E-state index in [-0.39, 0.29) is 0 Å². The van der Waals surface area contributed by atoms with Crippen LogP contribution in [0.2, 0.25) is 0 Å². The molecule has 1 heterocycles. The largest absolute Gasteiger partial charge is 0.339 e. The summed E-state index contributed by atoms with van der Waals surface area (Å²) >= 11 is 4.53. The molecule has 17 heavy (non-hydrogen) atoms. The Morgan fingerprint density at radius 3 is 2.65 bits per heavy atom. The molecule has 0 radical (unpaired) electrons. The van der Waals surface area contributed by atoms with Crippen LogP contribution in [0, 0.1) is 0 Å². The third-order valence-corrected chi connectivity index (χ3v) is 3.27. The SMILES string of the molecule is CCN=Cc1cc(-c2ccccc2)n(C)c1S. The molecule has 0 fully saturated rings. The Labute approximate surface area is 107 Å². The van der Waals surface area contributed by atoms with Crippen LogP contribution in [0.25, 0.3) is 11.3 Å². The number of benzene rings is 1. The molecule has 0 bridgehead atoms. The standard InChI is InChI=1S/C14H16N2S/c1-3-15-10-12-9-13(16(2)14(12)17)11-7-5-4-6-8-11/h4-10,17H,3H2,1-2H3. The lowest BCUT2D eigenvalue weighted by Gasteiger charge is -2.03. The summed E-state index contributed by atoms with van der Waals surface area (Å²) in [6.07, 6.45) is 1.88. The van der Waals surface area contributed by atoms with E-state index >= 15 is 0 Å².